The van der Waals surface area contributed by atoms with Gasteiger partial charge in [-0.2, -0.15) is 0 Å². The molecule has 1 aromatic rings. The van der Waals surface area contributed by atoms with Crippen molar-refractivity contribution in [1.29, 1.82) is 0 Å². The van der Waals surface area contributed by atoms with Gasteiger partial charge in [0, 0.05) is 12.1 Å². The second-order valence-electron chi connectivity index (χ2n) is 4.99. The van der Waals surface area contributed by atoms with E-state index in [0.29, 0.717) is 0 Å². The molecule has 2 unspecified atom stereocenters. The molecule has 17 heavy (non-hydrogen) atoms. The third-order valence-electron chi connectivity index (χ3n) is 3.37. The maximum Gasteiger partial charge on any atom is 0.0584 e. The van der Waals surface area contributed by atoms with Gasteiger partial charge in [-0.15, -0.1) is 0 Å². The van der Waals surface area contributed by atoms with Gasteiger partial charge >= 0.3 is 0 Å². The van der Waals surface area contributed by atoms with E-state index in [1.807, 2.05) is 0 Å². The first-order chi connectivity index (χ1) is 7.99. The largest absolute Gasteiger partial charge is 0.395 e. The molecule has 2 N–H and O–H groups in total. The molecule has 1 rings (SSSR count). The zero-order valence-electron chi connectivity index (χ0n) is 11.7. The fourth-order valence-electron chi connectivity index (χ4n) is 2.61. The van der Waals surface area contributed by atoms with Gasteiger partial charge in [-0.05, 0) is 50.8 Å². The molecule has 2 heteroatoms. The lowest BCUT2D eigenvalue weighted by Crippen LogP contribution is -2.34. The average Bonchev–Trinajstić information content (AvgIpc) is 2.24. The lowest BCUT2D eigenvalue weighted by atomic mass is 9.94. The highest BCUT2D eigenvalue weighted by Gasteiger charge is 2.15. The molecule has 2 nitrogen and oxygen atoms in total. The minimum atomic E-state index is 0.185. The Morgan fingerprint density at radius 2 is 1.71 bits per heavy atom. The third kappa shape index (κ3) is 3.55. The molecule has 0 saturated heterocycles. The second kappa shape index (κ2) is 6.18. The summed E-state index contributed by atoms with van der Waals surface area (Å²) in [6.07, 6.45) is 0.949. The number of hydrogen-bond acceptors (Lipinski definition) is 2. The fraction of sp³-hybridized carbons (Fsp3) is 0.600. The Hall–Kier alpha value is -0.860. The number of nitrogens with one attached hydrogen (secondary N) is 1. The molecule has 0 heterocycles. The summed E-state index contributed by atoms with van der Waals surface area (Å²) in [7, 11) is 0. The number of benzene rings is 1. The first-order valence-electron chi connectivity index (χ1n) is 6.44. The van der Waals surface area contributed by atoms with E-state index in [1.165, 1.54) is 22.3 Å². The molecule has 0 spiro atoms. The Kier molecular flexibility index (Phi) is 5.16. The molecular formula is C15H25NO. The van der Waals surface area contributed by atoms with Crippen molar-refractivity contribution in [3.63, 3.8) is 0 Å². The van der Waals surface area contributed by atoms with Crippen molar-refractivity contribution < 1.29 is 5.11 Å². The van der Waals surface area contributed by atoms with Crippen LogP contribution in [0.5, 0.6) is 0 Å². The maximum absolute atomic E-state index is 9.24. The highest BCUT2D eigenvalue weighted by atomic mass is 16.3. The van der Waals surface area contributed by atoms with Gasteiger partial charge in [-0.1, -0.05) is 24.6 Å². The van der Waals surface area contributed by atoms with Gasteiger partial charge in [0.2, 0.25) is 0 Å². The summed E-state index contributed by atoms with van der Waals surface area (Å²) in [6.45, 7) is 10.9. The van der Waals surface area contributed by atoms with Gasteiger partial charge < -0.3 is 10.4 Å². The van der Waals surface area contributed by atoms with Crippen LogP contribution in [0.3, 0.4) is 0 Å². The predicted octanol–water partition coefficient (Wildman–Crippen LogP) is 3.03. The van der Waals surface area contributed by atoms with Crippen LogP contribution in [0, 0.1) is 20.8 Å². The van der Waals surface area contributed by atoms with Crippen molar-refractivity contribution in [2.24, 2.45) is 0 Å². The lowest BCUT2D eigenvalue weighted by Gasteiger charge is -2.24. The number of aliphatic hydroxyl groups excluding tert-OH is 1. The molecule has 0 fully saturated rings. The summed E-state index contributed by atoms with van der Waals surface area (Å²) in [5.74, 6) is 0. The van der Waals surface area contributed by atoms with Gasteiger partial charge in [-0.25, -0.2) is 0 Å². The van der Waals surface area contributed by atoms with Crippen molar-refractivity contribution in [2.45, 2.75) is 53.1 Å². The monoisotopic (exact) mass is 235 g/mol. The van der Waals surface area contributed by atoms with Crippen LogP contribution < -0.4 is 5.32 Å². The molecule has 0 aliphatic rings. The van der Waals surface area contributed by atoms with E-state index in [0.717, 1.165) is 6.42 Å². The van der Waals surface area contributed by atoms with Crippen LogP contribution in [0.25, 0.3) is 0 Å². The van der Waals surface area contributed by atoms with Gasteiger partial charge in [-0.3, -0.25) is 0 Å². The Labute approximate surface area is 105 Å². The molecule has 0 amide bonds. The topological polar surface area (TPSA) is 32.3 Å². The standard InChI is InChI=1S/C15H25NO/c1-6-14(9-17)16-13(5)15-11(3)7-10(2)8-12(15)4/h7-8,13-14,16-17H,6,9H2,1-5H3. The molecule has 2 atom stereocenters. The zero-order valence-corrected chi connectivity index (χ0v) is 11.7. The summed E-state index contributed by atoms with van der Waals surface area (Å²) >= 11 is 0. The molecule has 0 radical (unpaired) electrons. The quantitative estimate of drug-likeness (QED) is 0.822. The van der Waals surface area contributed by atoms with Crippen LogP contribution in [0.2, 0.25) is 0 Å². The smallest absolute Gasteiger partial charge is 0.0584 e. The molecule has 0 aromatic heterocycles. The van der Waals surface area contributed by atoms with Crippen molar-refractivity contribution in [3.8, 4) is 0 Å². The third-order valence-corrected chi connectivity index (χ3v) is 3.37. The van der Waals surface area contributed by atoms with Crippen molar-refractivity contribution in [1.82, 2.24) is 5.32 Å². The molecule has 0 saturated carbocycles. The first-order valence-corrected chi connectivity index (χ1v) is 6.44. The predicted molar refractivity (Wildman–Crippen MR) is 73.4 cm³/mol. The molecule has 0 aliphatic heterocycles. The normalized spacial score (nSPS) is 14.7. The molecule has 0 aliphatic carbocycles. The summed E-state index contributed by atoms with van der Waals surface area (Å²) in [5, 5.41) is 12.7. The zero-order chi connectivity index (χ0) is 13.0. The Balaban J connectivity index is 2.92. The van der Waals surface area contributed by atoms with Gasteiger partial charge in [0.25, 0.3) is 0 Å². The van der Waals surface area contributed by atoms with E-state index in [-0.39, 0.29) is 18.7 Å². The van der Waals surface area contributed by atoms with Gasteiger partial charge in [0.1, 0.15) is 0 Å². The van der Waals surface area contributed by atoms with Crippen LogP contribution in [0.1, 0.15) is 48.6 Å². The first kappa shape index (κ1) is 14.2. The lowest BCUT2D eigenvalue weighted by molar-refractivity contribution is 0.230. The molecular weight excluding hydrogens is 210 g/mol. The average molecular weight is 235 g/mol. The number of aliphatic hydroxyl groups is 1. The van der Waals surface area contributed by atoms with E-state index >= 15 is 0 Å². The van der Waals surface area contributed by atoms with E-state index in [1.54, 1.807) is 0 Å². The van der Waals surface area contributed by atoms with Crippen LogP contribution in [-0.4, -0.2) is 17.8 Å². The Bertz CT molecular complexity index is 346. The van der Waals surface area contributed by atoms with Crippen LogP contribution in [0.4, 0.5) is 0 Å². The highest BCUT2D eigenvalue weighted by molar-refractivity contribution is 5.39. The summed E-state index contributed by atoms with van der Waals surface area (Å²) in [4.78, 5) is 0. The number of hydrogen-bond donors (Lipinski definition) is 2. The van der Waals surface area contributed by atoms with Gasteiger partial charge in [0.15, 0.2) is 0 Å². The maximum atomic E-state index is 9.24. The second-order valence-corrected chi connectivity index (χ2v) is 4.99. The molecule has 96 valence electrons. The highest BCUT2D eigenvalue weighted by Crippen LogP contribution is 2.23. The SMILES string of the molecule is CCC(CO)NC(C)c1c(C)cc(C)cc1C. The van der Waals surface area contributed by atoms with E-state index in [2.05, 4.69) is 52.1 Å². The number of aryl methyl sites for hydroxylation is 3. The van der Waals surface area contributed by atoms with Crippen molar-refractivity contribution in [2.75, 3.05) is 6.61 Å². The van der Waals surface area contributed by atoms with E-state index in [9.17, 15) is 5.11 Å². The van der Waals surface area contributed by atoms with Crippen molar-refractivity contribution >= 4 is 0 Å². The van der Waals surface area contributed by atoms with Crippen LogP contribution in [0.15, 0.2) is 12.1 Å². The van der Waals surface area contributed by atoms with Crippen LogP contribution >= 0.6 is 0 Å². The molecule has 1 aromatic carbocycles. The van der Waals surface area contributed by atoms with Gasteiger partial charge in [0.05, 0.1) is 6.61 Å². The van der Waals surface area contributed by atoms with E-state index in [4.69, 9.17) is 0 Å². The minimum Gasteiger partial charge on any atom is -0.395 e. The molecule has 0 bridgehead atoms. The number of rotatable bonds is 5. The summed E-state index contributed by atoms with van der Waals surface area (Å²) in [6, 6.07) is 4.92. The Morgan fingerprint density at radius 1 is 1.18 bits per heavy atom. The van der Waals surface area contributed by atoms with Crippen molar-refractivity contribution in [3.05, 3.63) is 34.4 Å². The Morgan fingerprint density at radius 3 is 2.12 bits per heavy atom. The van der Waals surface area contributed by atoms with Crippen LogP contribution in [-0.2, 0) is 0 Å². The minimum absolute atomic E-state index is 0.185. The summed E-state index contributed by atoms with van der Waals surface area (Å²) in [5.41, 5.74) is 5.33. The van der Waals surface area contributed by atoms with E-state index < -0.39 is 0 Å². The summed E-state index contributed by atoms with van der Waals surface area (Å²) < 4.78 is 0. The fourth-order valence-corrected chi connectivity index (χ4v) is 2.61.